The first-order valence-corrected chi connectivity index (χ1v) is 11.3. The molecule has 0 unspecified atom stereocenters. The predicted octanol–water partition coefficient (Wildman–Crippen LogP) is 5.68. The van der Waals surface area contributed by atoms with Crippen LogP contribution in [0.4, 0.5) is 5.13 Å². The first-order chi connectivity index (χ1) is 14.2. The topological polar surface area (TPSA) is 78.7 Å². The Bertz CT molecular complexity index is 1160. The molecular weight excluding hydrogens is 420 g/mol. The third-order valence-corrected chi connectivity index (χ3v) is 6.98. The van der Waals surface area contributed by atoms with Crippen LogP contribution in [0.25, 0.3) is 11.1 Å². The molecule has 0 saturated heterocycles. The largest absolute Gasteiger partial charge is 0.296 e. The third kappa shape index (κ3) is 4.71. The first-order valence-electron chi connectivity index (χ1n) is 8.62. The molecule has 4 rings (SSSR count). The quantitative estimate of drug-likeness (QED) is 0.312. The summed E-state index contributed by atoms with van der Waals surface area (Å²) >= 11 is 4.30. The zero-order valence-electron chi connectivity index (χ0n) is 15.0. The lowest BCUT2D eigenvalue weighted by molar-refractivity contribution is 0.103. The summed E-state index contributed by atoms with van der Waals surface area (Å²) in [5.74, 6) is 0.538. The monoisotopic (exact) mass is 434 g/mol. The highest BCUT2D eigenvalue weighted by Gasteiger charge is 2.16. The second-order valence-corrected chi connectivity index (χ2v) is 9.07. The van der Waals surface area contributed by atoms with Gasteiger partial charge in [-0.1, -0.05) is 65.6 Å². The fourth-order valence-corrected chi connectivity index (χ4v) is 5.14. The van der Waals surface area contributed by atoms with Gasteiger partial charge in [-0.15, -0.1) is 21.5 Å². The minimum absolute atomic E-state index is 0.182. The highest BCUT2D eigenvalue weighted by molar-refractivity contribution is 8.00. The van der Waals surface area contributed by atoms with E-state index in [9.17, 15) is 4.79 Å². The molecule has 0 aliphatic rings. The van der Waals surface area contributed by atoms with Crippen molar-refractivity contribution in [2.24, 2.45) is 0 Å². The van der Waals surface area contributed by atoms with E-state index in [-0.39, 0.29) is 5.91 Å². The van der Waals surface area contributed by atoms with Crippen molar-refractivity contribution >= 4 is 45.5 Å². The molecule has 0 saturated carbocycles. The van der Waals surface area contributed by atoms with Crippen molar-refractivity contribution in [1.82, 2.24) is 10.2 Å². The van der Waals surface area contributed by atoms with Crippen molar-refractivity contribution in [3.63, 3.8) is 0 Å². The molecular formula is C21H14N4OS3. The molecule has 1 N–H and O–H groups in total. The number of nitrogens with one attached hydrogen (secondary N) is 1. The van der Waals surface area contributed by atoms with Gasteiger partial charge in [-0.3, -0.25) is 10.1 Å². The Morgan fingerprint density at radius 2 is 1.86 bits per heavy atom. The average molecular weight is 435 g/mol. The van der Waals surface area contributed by atoms with Crippen LogP contribution in [0.5, 0.6) is 0 Å². The van der Waals surface area contributed by atoms with E-state index in [0.717, 1.165) is 26.8 Å². The maximum absolute atomic E-state index is 12.7. The van der Waals surface area contributed by atoms with E-state index in [2.05, 4.69) is 21.6 Å². The number of nitrogens with zero attached hydrogens (tertiary/aromatic N) is 3. The molecule has 0 spiro atoms. The van der Waals surface area contributed by atoms with Gasteiger partial charge in [0.15, 0.2) is 4.34 Å². The fourth-order valence-electron chi connectivity index (χ4n) is 2.62. The molecule has 2 heterocycles. The number of thiophene rings is 1. The highest BCUT2D eigenvalue weighted by atomic mass is 32.2. The van der Waals surface area contributed by atoms with Gasteiger partial charge >= 0.3 is 0 Å². The molecule has 0 aliphatic carbocycles. The SMILES string of the molecule is N#Cc1ccc(CSc2nnc(NC(=O)c3sccc3-c3ccccc3)s2)cc1. The van der Waals surface area contributed by atoms with Crippen molar-refractivity contribution in [3.05, 3.63) is 82.0 Å². The highest BCUT2D eigenvalue weighted by Crippen LogP contribution is 2.31. The van der Waals surface area contributed by atoms with Crippen molar-refractivity contribution in [2.45, 2.75) is 10.1 Å². The van der Waals surface area contributed by atoms with Crippen LogP contribution in [-0.4, -0.2) is 16.1 Å². The Labute approximate surface area is 180 Å². The van der Waals surface area contributed by atoms with E-state index in [0.29, 0.717) is 15.6 Å². The van der Waals surface area contributed by atoms with Gasteiger partial charge < -0.3 is 0 Å². The van der Waals surface area contributed by atoms with E-state index in [1.807, 2.05) is 53.9 Å². The van der Waals surface area contributed by atoms with E-state index in [1.54, 1.807) is 23.9 Å². The second-order valence-electron chi connectivity index (χ2n) is 5.95. The molecule has 1 amide bonds. The summed E-state index contributed by atoms with van der Waals surface area (Å²) in [5.41, 5.74) is 3.66. The van der Waals surface area contributed by atoms with Gasteiger partial charge in [0, 0.05) is 11.3 Å². The minimum Gasteiger partial charge on any atom is -0.296 e. The van der Waals surface area contributed by atoms with Crippen molar-refractivity contribution in [3.8, 4) is 17.2 Å². The van der Waals surface area contributed by atoms with Crippen molar-refractivity contribution in [2.75, 3.05) is 5.32 Å². The van der Waals surface area contributed by atoms with E-state index >= 15 is 0 Å². The van der Waals surface area contributed by atoms with Crippen LogP contribution in [0.15, 0.2) is 70.4 Å². The standard InChI is InChI=1S/C21H14N4OS3/c22-12-14-6-8-15(9-7-14)13-28-21-25-24-20(29-21)23-19(26)18-17(10-11-27-18)16-4-2-1-3-5-16/h1-11H,13H2,(H,23,24,26). The van der Waals surface area contributed by atoms with Crippen LogP contribution < -0.4 is 5.32 Å². The Morgan fingerprint density at radius 3 is 2.62 bits per heavy atom. The van der Waals surface area contributed by atoms with Gasteiger partial charge in [-0.2, -0.15) is 5.26 Å². The summed E-state index contributed by atoms with van der Waals surface area (Å²) in [4.78, 5) is 13.4. The lowest BCUT2D eigenvalue weighted by atomic mass is 10.1. The van der Waals surface area contributed by atoms with E-state index in [1.165, 1.54) is 22.7 Å². The molecule has 0 radical (unpaired) electrons. The number of anilines is 1. The first kappa shape index (κ1) is 19.3. The van der Waals surface area contributed by atoms with E-state index < -0.39 is 0 Å². The lowest BCUT2D eigenvalue weighted by Gasteiger charge is -2.03. The van der Waals surface area contributed by atoms with Gasteiger partial charge in [0.05, 0.1) is 11.6 Å². The average Bonchev–Trinajstić information content (AvgIpc) is 3.43. The van der Waals surface area contributed by atoms with Crippen LogP contribution in [-0.2, 0) is 5.75 Å². The van der Waals surface area contributed by atoms with Crippen LogP contribution in [0.2, 0.25) is 0 Å². The number of rotatable bonds is 6. The number of carbonyl (C=O) groups is 1. The van der Waals surface area contributed by atoms with Gasteiger partial charge in [0.25, 0.3) is 5.91 Å². The van der Waals surface area contributed by atoms with Crippen LogP contribution in [0, 0.1) is 11.3 Å². The Kier molecular flexibility index (Phi) is 6.00. The molecule has 4 aromatic rings. The molecule has 2 aromatic carbocycles. The van der Waals surface area contributed by atoms with Crippen LogP contribution in [0.3, 0.4) is 0 Å². The van der Waals surface area contributed by atoms with Crippen LogP contribution in [0.1, 0.15) is 20.8 Å². The second kappa shape index (κ2) is 9.01. The molecule has 0 bridgehead atoms. The molecule has 2 aromatic heterocycles. The zero-order chi connectivity index (χ0) is 20.1. The molecule has 0 fully saturated rings. The van der Waals surface area contributed by atoms with E-state index in [4.69, 9.17) is 5.26 Å². The number of carbonyl (C=O) groups excluding carboxylic acids is 1. The predicted molar refractivity (Wildman–Crippen MR) is 118 cm³/mol. The molecule has 0 atom stereocenters. The summed E-state index contributed by atoms with van der Waals surface area (Å²) in [7, 11) is 0. The molecule has 142 valence electrons. The molecule has 0 aliphatic heterocycles. The lowest BCUT2D eigenvalue weighted by Crippen LogP contribution is -2.11. The minimum atomic E-state index is -0.182. The third-order valence-electron chi connectivity index (χ3n) is 4.03. The number of benzene rings is 2. The Balaban J connectivity index is 1.40. The van der Waals surface area contributed by atoms with Crippen molar-refractivity contribution < 1.29 is 4.79 Å². The normalized spacial score (nSPS) is 10.4. The van der Waals surface area contributed by atoms with Gasteiger partial charge in [0.2, 0.25) is 5.13 Å². The number of hydrogen-bond donors (Lipinski definition) is 1. The number of hydrogen-bond acceptors (Lipinski definition) is 7. The van der Waals surface area contributed by atoms with Crippen LogP contribution >= 0.6 is 34.4 Å². The molecule has 8 heteroatoms. The van der Waals surface area contributed by atoms with Gasteiger partial charge in [-0.25, -0.2) is 0 Å². The summed E-state index contributed by atoms with van der Waals surface area (Å²) in [6, 6.07) is 21.4. The summed E-state index contributed by atoms with van der Waals surface area (Å²) < 4.78 is 0.777. The number of aromatic nitrogens is 2. The summed E-state index contributed by atoms with van der Waals surface area (Å²) in [5, 5.41) is 22.3. The number of thioether (sulfide) groups is 1. The maximum atomic E-state index is 12.7. The molecule has 5 nitrogen and oxygen atoms in total. The number of nitriles is 1. The maximum Gasteiger partial charge on any atom is 0.268 e. The molecule has 29 heavy (non-hydrogen) atoms. The number of amides is 1. The van der Waals surface area contributed by atoms with Gasteiger partial charge in [0.1, 0.15) is 4.88 Å². The Hall–Kier alpha value is -2.99. The zero-order valence-corrected chi connectivity index (χ0v) is 17.5. The van der Waals surface area contributed by atoms with Crippen molar-refractivity contribution in [1.29, 1.82) is 5.26 Å². The summed E-state index contributed by atoms with van der Waals surface area (Å²) in [6.45, 7) is 0. The fraction of sp³-hybridized carbons (Fsp3) is 0.0476. The summed E-state index contributed by atoms with van der Waals surface area (Å²) in [6.07, 6.45) is 0. The Morgan fingerprint density at radius 1 is 1.07 bits per heavy atom. The smallest absolute Gasteiger partial charge is 0.268 e. The van der Waals surface area contributed by atoms with Gasteiger partial charge in [-0.05, 0) is 34.7 Å².